The number of rotatable bonds is 4. The van der Waals surface area contributed by atoms with Gasteiger partial charge in [0.05, 0.1) is 4.88 Å². The van der Waals surface area contributed by atoms with Crippen LogP contribution < -0.4 is 11.1 Å². The zero-order valence-electron chi connectivity index (χ0n) is 10.7. The number of fused-ring (bicyclic) bond motifs is 1. The molecule has 19 heavy (non-hydrogen) atoms. The van der Waals surface area contributed by atoms with E-state index in [9.17, 15) is 4.79 Å². The third-order valence-corrected chi connectivity index (χ3v) is 5.12. The summed E-state index contributed by atoms with van der Waals surface area (Å²) in [6.45, 7) is 1.83. The molecule has 7 heteroatoms. The molecule has 1 unspecified atom stereocenters. The van der Waals surface area contributed by atoms with Crippen molar-refractivity contribution in [3.63, 3.8) is 0 Å². The second-order valence-electron chi connectivity index (χ2n) is 4.53. The summed E-state index contributed by atoms with van der Waals surface area (Å²) in [4.78, 5) is 14.2. The lowest BCUT2D eigenvalue weighted by molar-refractivity contribution is 0.0945. The van der Waals surface area contributed by atoms with Crippen LogP contribution >= 0.6 is 23.1 Å². The van der Waals surface area contributed by atoms with Gasteiger partial charge >= 0.3 is 0 Å². The van der Waals surface area contributed by atoms with Gasteiger partial charge in [-0.05, 0) is 30.7 Å². The largest absolute Gasteiger partial charge is 0.409 e. The van der Waals surface area contributed by atoms with E-state index in [4.69, 9.17) is 10.9 Å². The van der Waals surface area contributed by atoms with Gasteiger partial charge in [0.1, 0.15) is 5.84 Å². The Morgan fingerprint density at radius 1 is 1.68 bits per heavy atom. The molecule has 0 aliphatic carbocycles. The molecule has 104 valence electrons. The molecule has 1 aromatic rings. The maximum atomic E-state index is 12.1. The van der Waals surface area contributed by atoms with Gasteiger partial charge in [-0.1, -0.05) is 5.16 Å². The molecule has 0 saturated carbocycles. The standard InChI is InChI=1S/C12H17N3O2S2/c1-7(4-11(13)15-17)14-12(16)10-5-8-6-18-3-2-9(8)19-10/h5,7,17H,2-4,6H2,1H3,(H2,13,15)(H,14,16). The van der Waals surface area contributed by atoms with Gasteiger partial charge < -0.3 is 16.3 Å². The number of carbonyl (C=O) groups is 1. The number of thioether (sulfide) groups is 1. The SMILES string of the molecule is CC(CC(N)=NO)NC(=O)c1cc2c(s1)CCSC2. The number of hydrogen-bond acceptors (Lipinski definition) is 5. The highest BCUT2D eigenvalue weighted by molar-refractivity contribution is 7.98. The molecule has 1 aromatic heterocycles. The van der Waals surface area contributed by atoms with E-state index in [1.54, 1.807) is 11.3 Å². The first-order chi connectivity index (χ1) is 9.10. The number of thiophene rings is 1. The van der Waals surface area contributed by atoms with Crippen molar-refractivity contribution in [2.45, 2.75) is 31.6 Å². The first-order valence-electron chi connectivity index (χ1n) is 6.06. The summed E-state index contributed by atoms with van der Waals surface area (Å²) in [6, 6.07) is 1.83. The third-order valence-electron chi connectivity index (χ3n) is 2.87. The molecule has 5 nitrogen and oxygen atoms in total. The van der Waals surface area contributed by atoms with E-state index in [0.29, 0.717) is 6.42 Å². The Labute approximate surface area is 120 Å². The smallest absolute Gasteiger partial charge is 0.261 e. The van der Waals surface area contributed by atoms with Gasteiger partial charge in [-0.2, -0.15) is 11.8 Å². The highest BCUT2D eigenvalue weighted by Gasteiger charge is 2.18. The van der Waals surface area contributed by atoms with Crippen LogP contribution in [-0.4, -0.2) is 28.7 Å². The van der Waals surface area contributed by atoms with Crippen molar-refractivity contribution in [2.24, 2.45) is 10.9 Å². The number of carbonyl (C=O) groups excluding carboxylic acids is 1. The van der Waals surface area contributed by atoms with Crippen LogP contribution in [0.2, 0.25) is 0 Å². The minimum absolute atomic E-state index is 0.0809. The van der Waals surface area contributed by atoms with Gasteiger partial charge in [-0.15, -0.1) is 11.3 Å². The molecule has 0 bridgehead atoms. The van der Waals surface area contributed by atoms with E-state index < -0.39 is 0 Å². The first kappa shape index (κ1) is 14.2. The quantitative estimate of drug-likeness (QED) is 0.342. The van der Waals surface area contributed by atoms with Gasteiger partial charge in [0.15, 0.2) is 0 Å². The number of nitrogens with two attached hydrogens (primary N) is 1. The minimum atomic E-state index is -0.156. The maximum absolute atomic E-state index is 12.1. The van der Waals surface area contributed by atoms with Crippen LogP contribution in [0.5, 0.6) is 0 Å². The van der Waals surface area contributed by atoms with Crippen molar-refractivity contribution >= 4 is 34.8 Å². The number of nitrogens with one attached hydrogen (secondary N) is 1. The van der Waals surface area contributed by atoms with Gasteiger partial charge in [0, 0.05) is 23.1 Å². The monoisotopic (exact) mass is 299 g/mol. The zero-order chi connectivity index (χ0) is 13.8. The number of nitrogens with zero attached hydrogens (tertiary/aromatic N) is 1. The minimum Gasteiger partial charge on any atom is -0.409 e. The molecule has 0 spiro atoms. The van der Waals surface area contributed by atoms with Crippen molar-refractivity contribution in [2.75, 3.05) is 5.75 Å². The summed E-state index contributed by atoms with van der Waals surface area (Å²) < 4.78 is 0. The second kappa shape index (κ2) is 6.29. The van der Waals surface area contributed by atoms with E-state index in [2.05, 4.69) is 10.5 Å². The molecule has 0 saturated heterocycles. The lowest BCUT2D eigenvalue weighted by Crippen LogP contribution is -2.35. The summed E-state index contributed by atoms with van der Waals surface area (Å²) in [5, 5.41) is 14.3. The Balaban J connectivity index is 1.98. The van der Waals surface area contributed by atoms with Crippen LogP contribution in [0, 0.1) is 0 Å². The number of amidine groups is 1. The van der Waals surface area contributed by atoms with Crippen LogP contribution in [0.15, 0.2) is 11.2 Å². The van der Waals surface area contributed by atoms with Crippen molar-refractivity contribution in [1.29, 1.82) is 0 Å². The van der Waals surface area contributed by atoms with E-state index in [-0.39, 0.29) is 17.8 Å². The van der Waals surface area contributed by atoms with Crippen LogP contribution in [0.4, 0.5) is 0 Å². The average molecular weight is 299 g/mol. The normalized spacial score (nSPS) is 16.8. The predicted molar refractivity (Wildman–Crippen MR) is 79.1 cm³/mol. The number of oxime groups is 1. The Morgan fingerprint density at radius 3 is 3.16 bits per heavy atom. The lowest BCUT2D eigenvalue weighted by Gasteiger charge is -2.11. The summed E-state index contributed by atoms with van der Waals surface area (Å²) >= 11 is 3.48. The summed E-state index contributed by atoms with van der Waals surface area (Å²) in [7, 11) is 0. The molecule has 1 aliphatic heterocycles. The molecule has 0 radical (unpaired) electrons. The molecule has 1 amide bonds. The van der Waals surface area contributed by atoms with Gasteiger partial charge in [0.2, 0.25) is 0 Å². The average Bonchev–Trinajstić information content (AvgIpc) is 2.82. The third kappa shape index (κ3) is 3.63. The number of hydrogen-bond donors (Lipinski definition) is 3. The summed E-state index contributed by atoms with van der Waals surface area (Å²) in [6.07, 6.45) is 1.39. The fourth-order valence-corrected chi connectivity index (χ4v) is 4.24. The van der Waals surface area contributed by atoms with E-state index in [1.165, 1.54) is 10.4 Å². The molecule has 1 atom stereocenters. The maximum Gasteiger partial charge on any atom is 0.261 e. The van der Waals surface area contributed by atoms with E-state index >= 15 is 0 Å². The van der Waals surface area contributed by atoms with Crippen molar-refractivity contribution in [3.8, 4) is 0 Å². The highest BCUT2D eigenvalue weighted by Crippen LogP contribution is 2.31. The molecule has 0 fully saturated rings. The molecule has 2 heterocycles. The molecule has 2 rings (SSSR count). The fourth-order valence-electron chi connectivity index (χ4n) is 1.96. The summed E-state index contributed by atoms with van der Waals surface area (Å²) in [5.41, 5.74) is 6.70. The number of amides is 1. The Morgan fingerprint density at radius 2 is 2.47 bits per heavy atom. The number of aryl methyl sites for hydroxylation is 1. The van der Waals surface area contributed by atoms with Crippen LogP contribution in [-0.2, 0) is 12.2 Å². The van der Waals surface area contributed by atoms with Crippen LogP contribution in [0.1, 0.15) is 33.5 Å². The first-order valence-corrected chi connectivity index (χ1v) is 8.04. The fraction of sp³-hybridized carbons (Fsp3) is 0.500. The zero-order valence-corrected chi connectivity index (χ0v) is 12.3. The van der Waals surface area contributed by atoms with Gasteiger partial charge in [0.25, 0.3) is 5.91 Å². The van der Waals surface area contributed by atoms with Gasteiger partial charge in [-0.25, -0.2) is 0 Å². The molecular formula is C12H17N3O2S2. The molecule has 1 aliphatic rings. The Hall–Kier alpha value is -1.21. The highest BCUT2D eigenvalue weighted by atomic mass is 32.2. The molecular weight excluding hydrogens is 282 g/mol. The van der Waals surface area contributed by atoms with Crippen LogP contribution in [0.25, 0.3) is 0 Å². The van der Waals surface area contributed by atoms with E-state index in [1.807, 2.05) is 24.8 Å². The van der Waals surface area contributed by atoms with Crippen molar-refractivity contribution < 1.29 is 10.0 Å². The lowest BCUT2D eigenvalue weighted by atomic mass is 10.2. The predicted octanol–water partition coefficient (Wildman–Crippen LogP) is 1.79. The summed E-state index contributed by atoms with van der Waals surface area (Å²) in [5.74, 6) is 2.17. The topological polar surface area (TPSA) is 87.7 Å². The van der Waals surface area contributed by atoms with Gasteiger partial charge in [-0.3, -0.25) is 4.79 Å². The Bertz CT molecular complexity index is 476. The molecule has 4 N–H and O–H groups in total. The molecule has 0 aromatic carbocycles. The Kier molecular flexibility index (Phi) is 4.71. The van der Waals surface area contributed by atoms with Crippen LogP contribution in [0.3, 0.4) is 0 Å². The second-order valence-corrected chi connectivity index (χ2v) is 6.77. The van der Waals surface area contributed by atoms with Crippen molar-refractivity contribution in [1.82, 2.24) is 5.32 Å². The van der Waals surface area contributed by atoms with Crippen molar-refractivity contribution in [3.05, 3.63) is 21.4 Å². The van der Waals surface area contributed by atoms with E-state index in [0.717, 1.165) is 22.8 Å².